The number of amides is 1. The molecule has 0 spiro atoms. The molecule has 4 heterocycles. The van der Waals surface area contributed by atoms with Gasteiger partial charge in [0.25, 0.3) is 0 Å². The van der Waals surface area contributed by atoms with Crippen molar-refractivity contribution in [3.8, 4) is 46.1 Å². The number of methoxy groups -OCH3 is 1. The number of nitrogens with zero attached hydrogens (tertiary/aromatic N) is 4. The van der Waals surface area contributed by atoms with Crippen molar-refractivity contribution in [1.29, 1.82) is 5.26 Å². The van der Waals surface area contributed by atoms with E-state index >= 15 is 0 Å². The first-order valence-electron chi connectivity index (χ1n) is 19.4. The summed E-state index contributed by atoms with van der Waals surface area (Å²) in [4.78, 5) is 37.2. The smallest absolute Gasteiger partial charge is 0.326 e. The lowest BCUT2D eigenvalue weighted by atomic mass is 9.94. The summed E-state index contributed by atoms with van der Waals surface area (Å²) in [5, 5.41) is 38.7. The molecule has 60 heavy (non-hydrogen) atoms. The van der Waals surface area contributed by atoms with E-state index in [1.54, 1.807) is 25.4 Å². The van der Waals surface area contributed by atoms with Crippen molar-refractivity contribution in [2.45, 2.75) is 70.0 Å². The van der Waals surface area contributed by atoms with E-state index in [-0.39, 0.29) is 43.0 Å². The Bertz CT molecular complexity index is 2470. The third kappa shape index (κ3) is 9.38. The van der Waals surface area contributed by atoms with Gasteiger partial charge in [0.05, 0.1) is 34.5 Å². The first-order chi connectivity index (χ1) is 29.0. The number of fused-ring (bicyclic) bond motifs is 1. The predicted molar refractivity (Wildman–Crippen MR) is 226 cm³/mol. The van der Waals surface area contributed by atoms with Gasteiger partial charge in [-0.2, -0.15) is 10.2 Å². The number of halogens is 2. The van der Waals surface area contributed by atoms with Gasteiger partial charge in [0, 0.05) is 72.3 Å². The van der Waals surface area contributed by atoms with Crippen LogP contribution in [-0.2, 0) is 35.7 Å². The molecular weight excluding hydrogens is 854 g/mol. The van der Waals surface area contributed by atoms with E-state index < -0.39 is 18.1 Å². The van der Waals surface area contributed by atoms with Gasteiger partial charge in [0.1, 0.15) is 24.3 Å². The molecule has 7 rings (SSSR count). The number of carboxylic acids is 1. The summed E-state index contributed by atoms with van der Waals surface area (Å²) < 4.78 is 19.0. The number of carbonyl (C=O) groups is 2. The molecule has 3 atom stereocenters. The Morgan fingerprint density at radius 1 is 1.02 bits per heavy atom. The number of pyridine rings is 3. The molecule has 5 aromatic rings. The number of aliphatic carboxylic acids is 1. The first-order valence-corrected chi connectivity index (χ1v) is 20.5. The van der Waals surface area contributed by atoms with E-state index in [1.165, 1.54) is 13.1 Å². The fourth-order valence-electron chi connectivity index (χ4n) is 7.30. The monoisotopic (exact) mass is 895 g/mol. The summed E-state index contributed by atoms with van der Waals surface area (Å²) in [6, 6.07) is 21.5. The maximum absolute atomic E-state index is 11.9. The zero-order valence-electron chi connectivity index (χ0n) is 32.9. The van der Waals surface area contributed by atoms with Crippen LogP contribution in [0.4, 0.5) is 0 Å². The van der Waals surface area contributed by atoms with Crippen molar-refractivity contribution >= 4 is 39.4 Å². The lowest BCUT2D eigenvalue weighted by Gasteiger charge is -2.24. The molecule has 1 saturated heterocycles. The molecule has 1 unspecified atom stereocenters. The number of aliphatic hydroxyl groups excluding tert-OH is 1. The maximum Gasteiger partial charge on any atom is 0.326 e. The zero-order chi connectivity index (χ0) is 42.4. The first kappa shape index (κ1) is 42.5. The predicted octanol–water partition coefficient (Wildman–Crippen LogP) is 6.44. The van der Waals surface area contributed by atoms with Crippen molar-refractivity contribution in [3.63, 3.8) is 0 Å². The van der Waals surface area contributed by atoms with Crippen molar-refractivity contribution in [2.75, 3.05) is 20.3 Å². The molecule has 14 nitrogen and oxygen atoms in total. The molecule has 1 aliphatic carbocycles. The van der Waals surface area contributed by atoms with Crippen LogP contribution < -0.4 is 30.2 Å². The number of rotatable bonds is 17. The highest BCUT2D eigenvalue weighted by atomic mass is 79.9. The molecule has 310 valence electrons. The number of hydrogen-bond acceptors (Lipinski definition) is 12. The largest absolute Gasteiger partial charge is 0.481 e. The van der Waals surface area contributed by atoms with Gasteiger partial charge < -0.3 is 35.1 Å². The SMILES string of the molecule is COc1nc(-c2cccc(-c3cccc4c3CC[C@@H]4Oc3nc(OCc4cncc(C#N)c4)c(CNC(C)(CO)C(=O)O)cc3Br)c2Cl)ccc1CNC[C@@H]1CCC(=O)N1. The van der Waals surface area contributed by atoms with E-state index in [1.807, 2.05) is 42.5 Å². The van der Waals surface area contributed by atoms with Gasteiger partial charge >= 0.3 is 5.97 Å². The molecule has 2 aromatic carbocycles. The minimum Gasteiger partial charge on any atom is -0.481 e. The van der Waals surface area contributed by atoms with Crippen molar-refractivity contribution in [2.24, 2.45) is 0 Å². The van der Waals surface area contributed by atoms with Crippen LogP contribution >= 0.6 is 27.5 Å². The molecule has 1 aliphatic heterocycles. The molecule has 1 fully saturated rings. The summed E-state index contributed by atoms with van der Waals surface area (Å²) in [6.07, 6.45) is 5.43. The maximum atomic E-state index is 11.9. The number of carboxylic acid groups (broad SMARTS) is 1. The Morgan fingerprint density at radius 2 is 1.82 bits per heavy atom. The number of carbonyl (C=O) groups excluding carboxylic acids is 1. The molecule has 1 amide bonds. The number of benzene rings is 2. The Morgan fingerprint density at radius 3 is 2.57 bits per heavy atom. The van der Waals surface area contributed by atoms with Gasteiger partial charge in [-0.1, -0.05) is 54.1 Å². The van der Waals surface area contributed by atoms with E-state index in [0.717, 1.165) is 46.2 Å². The van der Waals surface area contributed by atoms with Crippen LogP contribution in [-0.4, -0.2) is 68.9 Å². The molecule has 2 aliphatic rings. The van der Waals surface area contributed by atoms with Crippen molar-refractivity contribution < 1.29 is 34.0 Å². The van der Waals surface area contributed by atoms with Gasteiger partial charge in [0.2, 0.25) is 23.5 Å². The van der Waals surface area contributed by atoms with E-state index in [2.05, 4.69) is 49.0 Å². The Hall–Kier alpha value is -5.63. The number of nitriles is 1. The number of ether oxygens (including phenoxy) is 3. The van der Waals surface area contributed by atoms with Gasteiger partial charge in [-0.15, -0.1) is 0 Å². The lowest BCUT2D eigenvalue weighted by molar-refractivity contribution is -0.146. The van der Waals surface area contributed by atoms with Crippen LogP contribution in [0.5, 0.6) is 17.6 Å². The van der Waals surface area contributed by atoms with E-state index in [4.69, 9.17) is 35.8 Å². The second kappa shape index (κ2) is 18.7. The van der Waals surface area contributed by atoms with Gasteiger partial charge in [-0.3, -0.25) is 19.9 Å². The van der Waals surface area contributed by atoms with Crippen LogP contribution in [0.25, 0.3) is 22.4 Å². The average molecular weight is 897 g/mol. The fourth-order valence-corrected chi connectivity index (χ4v) is 8.09. The summed E-state index contributed by atoms with van der Waals surface area (Å²) in [6.45, 7) is 1.97. The lowest BCUT2D eigenvalue weighted by Crippen LogP contribution is -2.52. The molecule has 3 aromatic heterocycles. The molecule has 5 N–H and O–H groups in total. The van der Waals surface area contributed by atoms with E-state index in [9.17, 15) is 25.1 Å². The Balaban J connectivity index is 1.12. The third-order valence-corrected chi connectivity index (χ3v) is 11.7. The average Bonchev–Trinajstić information content (AvgIpc) is 3.88. The van der Waals surface area contributed by atoms with Crippen molar-refractivity contribution in [3.05, 3.63) is 116 Å². The highest BCUT2D eigenvalue weighted by molar-refractivity contribution is 9.10. The topological polar surface area (TPSA) is 201 Å². The highest BCUT2D eigenvalue weighted by Gasteiger charge is 2.33. The Kier molecular flexibility index (Phi) is 13.3. The highest BCUT2D eigenvalue weighted by Crippen LogP contribution is 2.45. The summed E-state index contributed by atoms with van der Waals surface area (Å²) in [5.41, 5.74) is 6.16. The molecular formula is C44H43BrClN7O7. The molecule has 0 bridgehead atoms. The third-order valence-electron chi connectivity index (χ3n) is 10.7. The standard InChI is InChI=1S/C44H43BrClN7O7/c1-44(24-54,43(56)57)50-21-28-16-35(45)42(53-41(28)59-23-26-15-25(17-47)18-48-19-26)60-37-13-11-31-30(5-3-6-32(31)37)33-7-4-8-34(39(33)46)36-12-9-27(40(52-36)58-2)20-49-22-29-10-14-38(55)51-29/h3-9,12,15-16,18-19,29,37,49-50,54H,10-11,13-14,20-24H2,1-2H3,(H,51,55)(H,56,57)/t29-,37-,44?/m0/s1. The van der Waals surface area contributed by atoms with Crippen LogP contribution in [0, 0.1) is 11.3 Å². The minimum atomic E-state index is -1.61. The van der Waals surface area contributed by atoms with E-state index in [0.29, 0.717) is 63.7 Å². The molecule has 16 heteroatoms. The van der Waals surface area contributed by atoms with Gasteiger partial charge in [-0.05, 0) is 77.0 Å². The van der Waals surface area contributed by atoms with Gasteiger partial charge in [0.15, 0.2) is 0 Å². The molecule has 0 radical (unpaired) electrons. The Labute approximate surface area is 360 Å². The normalized spacial score (nSPS) is 16.7. The fraction of sp³-hybridized carbons (Fsp3) is 0.318. The number of aromatic nitrogens is 3. The summed E-state index contributed by atoms with van der Waals surface area (Å²) in [7, 11) is 1.59. The van der Waals surface area contributed by atoms with Crippen LogP contribution in [0.2, 0.25) is 5.02 Å². The second-order valence-electron chi connectivity index (χ2n) is 14.9. The van der Waals surface area contributed by atoms with Crippen LogP contribution in [0.15, 0.2) is 77.5 Å². The second-order valence-corrected chi connectivity index (χ2v) is 16.1. The van der Waals surface area contributed by atoms with Gasteiger partial charge in [-0.25, -0.2) is 4.98 Å². The summed E-state index contributed by atoms with van der Waals surface area (Å²) in [5.74, 6) is -0.189. The quantitative estimate of drug-likeness (QED) is 0.0684. The number of hydrogen-bond donors (Lipinski definition) is 5. The minimum absolute atomic E-state index is 0.00249. The summed E-state index contributed by atoms with van der Waals surface area (Å²) >= 11 is 10.8. The molecule has 0 saturated carbocycles. The number of aliphatic hydroxyl groups is 1. The zero-order valence-corrected chi connectivity index (χ0v) is 35.3. The van der Waals surface area contributed by atoms with Crippen molar-refractivity contribution in [1.82, 2.24) is 30.9 Å². The number of nitrogens with one attached hydrogen (secondary N) is 3. The van der Waals surface area contributed by atoms with Crippen LogP contribution in [0.3, 0.4) is 0 Å². The van der Waals surface area contributed by atoms with Crippen LogP contribution in [0.1, 0.15) is 65.7 Å².